The fourth-order valence-corrected chi connectivity index (χ4v) is 2.70. The number of nitrogens with one attached hydrogen (secondary N) is 1. The van der Waals surface area contributed by atoms with Crippen molar-refractivity contribution in [3.05, 3.63) is 29.8 Å². The molecular weight excluding hydrogens is 320 g/mol. The van der Waals surface area contributed by atoms with E-state index in [1.54, 1.807) is 0 Å². The maximum Gasteiger partial charge on any atom is 0.387 e. The van der Waals surface area contributed by atoms with Gasteiger partial charge in [0, 0.05) is 10.9 Å². The molecule has 1 amide bonds. The third-order valence-electron chi connectivity index (χ3n) is 3.29. The Balaban J connectivity index is 1.99. The van der Waals surface area contributed by atoms with Crippen molar-refractivity contribution >= 4 is 21.8 Å². The van der Waals surface area contributed by atoms with Gasteiger partial charge in [0.1, 0.15) is 5.75 Å². The summed E-state index contributed by atoms with van der Waals surface area (Å²) in [6.45, 7) is -2.86. The average molecular weight is 334 g/mol. The van der Waals surface area contributed by atoms with Crippen molar-refractivity contribution in [1.29, 1.82) is 0 Å². The molecular formula is C13H14BrF2NO2. The van der Waals surface area contributed by atoms with E-state index in [9.17, 15) is 13.6 Å². The minimum Gasteiger partial charge on any atom is -0.435 e. The molecule has 6 heteroatoms. The molecule has 0 radical (unpaired) electrons. The van der Waals surface area contributed by atoms with Crippen molar-refractivity contribution in [2.75, 3.05) is 5.33 Å². The number of carbonyl (C=O) groups excluding carboxylic acids is 1. The predicted octanol–water partition coefficient (Wildman–Crippen LogP) is 3.34. The normalized spacial score (nSPS) is 16.8. The van der Waals surface area contributed by atoms with Crippen molar-refractivity contribution in [2.24, 2.45) is 0 Å². The van der Waals surface area contributed by atoms with Gasteiger partial charge in [0.2, 0.25) is 0 Å². The van der Waals surface area contributed by atoms with Gasteiger partial charge in [-0.05, 0) is 43.5 Å². The maximum absolute atomic E-state index is 12.0. The summed E-state index contributed by atoms with van der Waals surface area (Å²) in [6.07, 6.45) is 3.01. The molecule has 104 valence electrons. The summed E-state index contributed by atoms with van der Waals surface area (Å²) in [5.41, 5.74) is 0.281. The zero-order valence-electron chi connectivity index (χ0n) is 10.2. The zero-order valence-corrected chi connectivity index (χ0v) is 11.8. The fourth-order valence-electron chi connectivity index (χ4n) is 2.00. The first-order valence-corrected chi connectivity index (χ1v) is 7.10. The largest absolute Gasteiger partial charge is 0.435 e. The zero-order chi connectivity index (χ0) is 13.9. The van der Waals surface area contributed by atoms with E-state index in [1.807, 2.05) is 0 Å². The van der Waals surface area contributed by atoms with E-state index >= 15 is 0 Å². The van der Waals surface area contributed by atoms with Crippen LogP contribution in [0.5, 0.6) is 5.75 Å². The highest BCUT2D eigenvalue weighted by atomic mass is 79.9. The first-order valence-electron chi connectivity index (χ1n) is 5.98. The van der Waals surface area contributed by atoms with Gasteiger partial charge in [0.05, 0.1) is 5.54 Å². The van der Waals surface area contributed by atoms with Crippen LogP contribution >= 0.6 is 15.9 Å². The molecule has 0 aromatic heterocycles. The number of benzene rings is 1. The lowest BCUT2D eigenvalue weighted by Gasteiger charge is -2.41. The molecule has 1 aliphatic rings. The van der Waals surface area contributed by atoms with Crippen molar-refractivity contribution in [3.8, 4) is 5.75 Å². The minimum absolute atomic E-state index is 0.0467. The molecule has 1 aliphatic carbocycles. The van der Waals surface area contributed by atoms with Crippen molar-refractivity contribution in [1.82, 2.24) is 5.32 Å². The highest BCUT2D eigenvalue weighted by molar-refractivity contribution is 9.09. The molecule has 19 heavy (non-hydrogen) atoms. The number of rotatable bonds is 5. The predicted molar refractivity (Wildman–Crippen MR) is 70.9 cm³/mol. The number of hydrogen-bond donors (Lipinski definition) is 1. The molecule has 1 saturated carbocycles. The highest BCUT2D eigenvalue weighted by Crippen LogP contribution is 2.33. The molecule has 0 unspecified atom stereocenters. The van der Waals surface area contributed by atoms with Gasteiger partial charge in [0.15, 0.2) is 0 Å². The van der Waals surface area contributed by atoms with Gasteiger partial charge >= 0.3 is 6.61 Å². The monoisotopic (exact) mass is 333 g/mol. The minimum atomic E-state index is -2.86. The number of amides is 1. The first-order chi connectivity index (χ1) is 9.04. The molecule has 1 aromatic carbocycles. The van der Waals surface area contributed by atoms with E-state index in [-0.39, 0.29) is 17.2 Å². The summed E-state index contributed by atoms with van der Waals surface area (Å²) < 4.78 is 28.2. The van der Waals surface area contributed by atoms with Gasteiger partial charge in [0.25, 0.3) is 5.91 Å². The molecule has 0 saturated heterocycles. The molecule has 2 rings (SSSR count). The SMILES string of the molecule is O=C(NC1(CBr)CCC1)c1ccc(OC(F)F)cc1. The second-order valence-corrected chi connectivity index (χ2v) is 5.19. The Kier molecular flexibility index (Phi) is 4.39. The van der Waals surface area contributed by atoms with Crippen LogP contribution in [0, 0.1) is 0 Å². The van der Waals surface area contributed by atoms with Crippen LogP contribution in [-0.2, 0) is 0 Å². The van der Waals surface area contributed by atoms with Crippen LogP contribution in [0.15, 0.2) is 24.3 Å². The molecule has 0 atom stereocenters. The molecule has 0 spiro atoms. The van der Waals surface area contributed by atoms with Crippen molar-refractivity contribution in [2.45, 2.75) is 31.4 Å². The van der Waals surface area contributed by atoms with E-state index in [2.05, 4.69) is 26.0 Å². The number of halogens is 3. The topological polar surface area (TPSA) is 38.3 Å². The third kappa shape index (κ3) is 3.43. The Hall–Kier alpha value is -1.17. The quantitative estimate of drug-likeness (QED) is 0.839. The summed E-state index contributed by atoms with van der Waals surface area (Å²) in [5.74, 6) is -0.145. The van der Waals surface area contributed by atoms with Gasteiger partial charge in [-0.15, -0.1) is 0 Å². The number of hydrogen-bond acceptors (Lipinski definition) is 2. The Labute approximate surface area is 118 Å². The summed E-state index contributed by atoms with van der Waals surface area (Å²) in [5, 5.41) is 3.70. The van der Waals surface area contributed by atoms with Crippen LogP contribution in [0.1, 0.15) is 29.6 Å². The van der Waals surface area contributed by atoms with E-state index in [4.69, 9.17) is 0 Å². The van der Waals surface area contributed by atoms with Crippen LogP contribution in [0.3, 0.4) is 0 Å². The summed E-state index contributed by atoms with van der Waals surface area (Å²) in [4.78, 5) is 12.0. The van der Waals surface area contributed by atoms with E-state index in [0.29, 0.717) is 5.56 Å². The molecule has 3 nitrogen and oxygen atoms in total. The van der Waals surface area contributed by atoms with E-state index in [0.717, 1.165) is 24.6 Å². The van der Waals surface area contributed by atoms with Crippen LogP contribution in [0.25, 0.3) is 0 Å². The number of alkyl halides is 3. The lowest BCUT2D eigenvalue weighted by molar-refractivity contribution is -0.0498. The highest BCUT2D eigenvalue weighted by Gasteiger charge is 2.37. The molecule has 0 aliphatic heterocycles. The average Bonchev–Trinajstić information content (AvgIpc) is 2.34. The van der Waals surface area contributed by atoms with Crippen LogP contribution in [0.4, 0.5) is 8.78 Å². The van der Waals surface area contributed by atoms with Crippen LogP contribution in [-0.4, -0.2) is 23.4 Å². The van der Waals surface area contributed by atoms with E-state index in [1.165, 1.54) is 24.3 Å². The van der Waals surface area contributed by atoms with Gasteiger partial charge in [-0.1, -0.05) is 15.9 Å². The first kappa shape index (κ1) is 14.2. The Morgan fingerprint density at radius 3 is 2.42 bits per heavy atom. The summed E-state index contributed by atoms with van der Waals surface area (Å²) in [7, 11) is 0. The van der Waals surface area contributed by atoms with Crippen molar-refractivity contribution in [3.63, 3.8) is 0 Å². The second-order valence-electron chi connectivity index (χ2n) is 4.62. The standard InChI is InChI=1S/C13H14BrF2NO2/c14-8-13(6-1-7-13)17-11(18)9-2-4-10(5-3-9)19-12(15)16/h2-5,12H,1,6-8H2,(H,17,18). The van der Waals surface area contributed by atoms with Crippen LogP contribution in [0.2, 0.25) is 0 Å². The van der Waals surface area contributed by atoms with Gasteiger partial charge in [-0.3, -0.25) is 4.79 Å². The summed E-state index contributed by atoms with van der Waals surface area (Å²) >= 11 is 3.41. The Morgan fingerprint density at radius 2 is 2.00 bits per heavy atom. The maximum atomic E-state index is 12.0. The lowest BCUT2D eigenvalue weighted by atomic mass is 9.78. The Bertz CT molecular complexity index is 441. The molecule has 1 fully saturated rings. The smallest absolute Gasteiger partial charge is 0.387 e. The Morgan fingerprint density at radius 1 is 1.37 bits per heavy atom. The molecule has 1 aromatic rings. The number of ether oxygens (including phenoxy) is 1. The molecule has 1 N–H and O–H groups in total. The molecule has 0 heterocycles. The van der Waals surface area contributed by atoms with Crippen molar-refractivity contribution < 1.29 is 18.3 Å². The second kappa shape index (κ2) is 5.86. The van der Waals surface area contributed by atoms with Gasteiger partial charge in [-0.2, -0.15) is 8.78 Å². The van der Waals surface area contributed by atoms with E-state index < -0.39 is 6.61 Å². The third-order valence-corrected chi connectivity index (χ3v) is 4.36. The van der Waals surface area contributed by atoms with Gasteiger partial charge in [-0.25, -0.2) is 0 Å². The summed E-state index contributed by atoms with van der Waals surface area (Å²) in [6, 6.07) is 5.69. The fraction of sp³-hybridized carbons (Fsp3) is 0.462. The number of carbonyl (C=O) groups is 1. The lowest BCUT2D eigenvalue weighted by Crippen LogP contribution is -2.54. The molecule has 0 bridgehead atoms. The van der Waals surface area contributed by atoms with Gasteiger partial charge < -0.3 is 10.1 Å². The van der Waals surface area contributed by atoms with Crippen LogP contribution < -0.4 is 10.1 Å².